The van der Waals surface area contributed by atoms with Crippen LogP contribution >= 0.6 is 0 Å². The Morgan fingerprint density at radius 2 is 1.87 bits per heavy atom. The molecule has 4 aromatic rings. The molecule has 3 heterocycles. The van der Waals surface area contributed by atoms with Gasteiger partial charge in [-0.25, -0.2) is 18.7 Å². The molecular weight excluding hydrogens is 518 g/mol. The third-order valence-corrected chi connectivity index (χ3v) is 6.46. The predicted molar refractivity (Wildman–Crippen MR) is 138 cm³/mol. The van der Waals surface area contributed by atoms with E-state index in [4.69, 9.17) is 10.5 Å². The zero-order valence-corrected chi connectivity index (χ0v) is 20.8. The minimum Gasteiger partial charge on any atom is -0.382 e. The maximum atomic E-state index is 13.5. The lowest BCUT2D eigenvalue weighted by Crippen LogP contribution is -2.36. The van der Waals surface area contributed by atoms with Crippen LogP contribution in [0.5, 0.6) is 0 Å². The van der Waals surface area contributed by atoms with Crippen molar-refractivity contribution in [2.75, 3.05) is 42.7 Å². The number of nitrogens with two attached hydrogens (primary N) is 1. The normalized spacial score (nSPS) is 14.5. The standard InChI is InChI=1S/C26H25F4N7O2/c1-15-10-16(2-5-22(15)35-25(38)34-17-3-4-21(27)20(11-17)26(28,29)30)19-12-18(13-36-6-8-39-9-7-36)37-23(19)24(31)32-14-33-37/h2-5,10-12,14H,6-9,13H2,1H3,(H2,31,32,33)(H2,34,35,38). The van der Waals surface area contributed by atoms with Gasteiger partial charge in [-0.15, -0.1) is 0 Å². The number of anilines is 3. The summed E-state index contributed by atoms with van der Waals surface area (Å²) in [5.74, 6) is -1.10. The van der Waals surface area contributed by atoms with Crippen LogP contribution in [-0.2, 0) is 17.5 Å². The number of nitrogens with zero attached hydrogens (tertiary/aromatic N) is 4. The van der Waals surface area contributed by atoms with E-state index in [1.165, 1.54) is 6.33 Å². The van der Waals surface area contributed by atoms with E-state index in [1.54, 1.807) is 23.6 Å². The van der Waals surface area contributed by atoms with Crippen molar-refractivity contribution < 1.29 is 27.1 Å². The van der Waals surface area contributed by atoms with Gasteiger partial charge in [0, 0.05) is 36.6 Å². The minimum absolute atomic E-state index is 0.195. The number of hydrogen-bond acceptors (Lipinski definition) is 6. The number of halogens is 4. The van der Waals surface area contributed by atoms with Gasteiger partial charge < -0.3 is 21.1 Å². The number of aromatic nitrogens is 3. The fraction of sp³-hybridized carbons (Fsp3) is 0.269. The highest BCUT2D eigenvalue weighted by Crippen LogP contribution is 2.34. The first-order valence-electron chi connectivity index (χ1n) is 12.1. The van der Waals surface area contributed by atoms with E-state index in [0.29, 0.717) is 54.5 Å². The molecule has 0 saturated carbocycles. The molecule has 2 amide bonds. The van der Waals surface area contributed by atoms with Crippen LogP contribution in [0.3, 0.4) is 0 Å². The first-order chi connectivity index (χ1) is 18.6. The SMILES string of the molecule is Cc1cc(-c2cc(CN3CCOCC3)n3ncnc(N)c23)ccc1NC(=O)Nc1ccc(F)c(C(F)(F)F)c1. The molecule has 13 heteroatoms. The number of benzene rings is 2. The van der Waals surface area contributed by atoms with Crippen molar-refractivity contribution in [3.05, 3.63) is 71.4 Å². The van der Waals surface area contributed by atoms with Crippen LogP contribution in [0.1, 0.15) is 16.8 Å². The van der Waals surface area contributed by atoms with Crippen LogP contribution in [0.15, 0.2) is 48.8 Å². The number of carbonyl (C=O) groups is 1. The van der Waals surface area contributed by atoms with Gasteiger partial charge >= 0.3 is 12.2 Å². The molecular formula is C26H25F4N7O2. The molecule has 1 saturated heterocycles. The summed E-state index contributed by atoms with van der Waals surface area (Å²) < 4.78 is 59.7. The molecule has 1 aliphatic heterocycles. The van der Waals surface area contributed by atoms with Gasteiger partial charge in [0.15, 0.2) is 5.82 Å². The Balaban J connectivity index is 1.37. The third-order valence-electron chi connectivity index (χ3n) is 6.46. The number of morpholine rings is 1. The van der Waals surface area contributed by atoms with Crippen LogP contribution < -0.4 is 16.4 Å². The molecule has 0 aliphatic carbocycles. The number of carbonyl (C=O) groups excluding carboxylic acids is 1. The average Bonchev–Trinajstić information content (AvgIpc) is 3.26. The zero-order valence-electron chi connectivity index (χ0n) is 20.8. The van der Waals surface area contributed by atoms with Gasteiger partial charge in [0.1, 0.15) is 17.7 Å². The van der Waals surface area contributed by atoms with Crippen LogP contribution in [0, 0.1) is 12.7 Å². The number of rotatable bonds is 5. The number of hydrogen-bond donors (Lipinski definition) is 3. The Labute approximate surface area is 220 Å². The second-order valence-corrected chi connectivity index (χ2v) is 9.14. The molecule has 204 valence electrons. The van der Waals surface area contributed by atoms with E-state index < -0.39 is 23.6 Å². The van der Waals surface area contributed by atoms with E-state index in [2.05, 4.69) is 25.6 Å². The Morgan fingerprint density at radius 3 is 2.59 bits per heavy atom. The average molecular weight is 544 g/mol. The lowest BCUT2D eigenvalue weighted by molar-refractivity contribution is -0.139. The fourth-order valence-electron chi connectivity index (χ4n) is 4.53. The quantitative estimate of drug-likeness (QED) is 0.308. The third kappa shape index (κ3) is 5.64. The van der Waals surface area contributed by atoms with Crippen molar-refractivity contribution in [1.29, 1.82) is 0 Å². The van der Waals surface area contributed by atoms with E-state index in [9.17, 15) is 22.4 Å². The van der Waals surface area contributed by atoms with Gasteiger partial charge in [-0.1, -0.05) is 6.07 Å². The van der Waals surface area contributed by atoms with Crippen molar-refractivity contribution >= 4 is 28.7 Å². The topological polar surface area (TPSA) is 110 Å². The second kappa shape index (κ2) is 10.5. The van der Waals surface area contributed by atoms with Crippen LogP contribution in [0.4, 0.5) is 39.5 Å². The van der Waals surface area contributed by atoms with Gasteiger partial charge in [0.2, 0.25) is 0 Å². The summed E-state index contributed by atoms with van der Waals surface area (Å²) in [6.45, 7) is 5.38. The number of ether oxygens (including phenoxy) is 1. The second-order valence-electron chi connectivity index (χ2n) is 9.14. The molecule has 2 aromatic heterocycles. The van der Waals surface area contributed by atoms with Crippen LogP contribution in [0.25, 0.3) is 16.6 Å². The molecule has 9 nitrogen and oxygen atoms in total. The molecule has 2 aromatic carbocycles. The highest BCUT2D eigenvalue weighted by atomic mass is 19.4. The van der Waals surface area contributed by atoms with Crippen LogP contribution in [0.2, 0.25) is 0 Å². The molecule has 0 radical (unpaired) electrons. The van der Waals surface area contributed by atoms with Gasteiger partial charge in [0.25, 0.3) is 0 Å². The van der Waals surface area contributed by atoms with Crippen molar-refractivity contribution in [3.63, 3.8) is 0 Å². The maximum absolute atomic E-state index is 13.5. The zero-order chi connectivity index (χ0) is 27.7. The fourth-order valence-corrected chi connectivity index (χ4v) is 4.53. The highest BCUT2D eigenvalue weighted by Gasteiger charge is 2.34. The lowest BCUT2D eigenvalue weighted by atomic mass is 10.0. The summed E-state index contributed by atoms with van der Waals surface area (Å²) >= 11 is 0. The molecule has 39 heavy (non-hydrogen) atoms. The number of fused-ring (bicyclic) bond motifs is 1. The number of amides is 2. The minimum atomic E-state index is -4.88. The summed E-state index contributed by atoms with van der Waals surface area (Å²) in [6.07, 6.45) is -3.48. The van der Waals surface area contributed by atoms with Crippen molar-refractivity contribution in [1.82, 2.24) is 19.5 Å². The van der Waals surface area contributed by atoms with E-state index >= 15 is 0 Å². The van der Waals surface area contributed by atoms with E-state index in [0.717, 1.165) is 36.0 Å². The number of aryl methyl sites for hydroxylation is 1. The summed E-state index contributed by atoms with van der Waals surface area (Å²) in [7, 11) is 0. The summed E-state index contributed by atoms with van der Waals surface area (Å²) in [4.78, 5) is 18.9. The summed E-state index contributed by atoms with van der Waals surface area (Å²) in [5.41, 5.74) is 8.95. The van der Waals surface area contributed by atoms with Crippen LogP contribution in [-0.4, -0.2) is 51.8 Å². The molecule has 0 unspecified atom stereocenters. The number of nitrogens with one attached hydrogen (secondary N) is 2. The monoisotopic (exact) mass is 543 g/mol. The molecule has 0 atom stereocenters. The molecule has 5 rings (SSSR count). The van der Waals surface area contributed by atoms with Gasteiger partial charge in [-0.2, -0.15) is 18.3 Å². The first-order valence-corrected chi connectivity index (χ1v) is 12.1. The van der Waals surface area contributed by atoms with Crippen molar-refractivity contribution in [2.24, 2.45) is 0 Å². The largest absolute Gasteiger partial charge is 0.419 e. The van der Waals surface area contributed by atoms with Gasteiger partial charge in [-0.05, 0) is 54.4 Å². The number of urea groups is 1. The highest BCUT2D eigenvalue weighted by molar-refractivity contribution is 6.00. The molecule has 1 fully saturated rings. The lowest BCUT2D eigenvalue weighted by Gasteiger charge is -2.26. The Morgan fingerprint density at radius 1 is 1.10 bits per heavy atom. The molecule has 0 spiro atoms. The van der Waals surface area contributed by atoms with E-state index in [1.807, 2.05) is 12.1 Å². The first kappa shape index (κ1) is 26.4. The predicted octanol–water partition coefficient (Wildman–Crippen LogP) is 4.92. The summed E-state index contributed by atoms with van der Waals surface area (Å²) in [5, 5.41) is 9.34. The van der Waals surface area contributed by atoms with Crippen molar-refractivity contribution in [3.8, 4) is 11.1 Å². The Bertz CT molecular complexity index is 1530. The van der Waals surface area contributed by atoms with Gasteiger partial charge in [-0.3, -0.25) is 4.90 Å². The summed E-state index contributed by atoms with van der Waals surface area (Å²) in [6, 6.07) is 8.83. The Kier molecular flexibility index (Phi) is 7.10. The van der Waals surface area contributed by atoms with Gasteiger partial charge in [0.05, 0.1) is 24.5 Å². The number of alkyl halides is 3. The maximum Gasteiger partial charge on any atom is 0.419 e. The number of nitrogen functional groups attached to an aromatic ring is 1. The molecule has 0 bridgehead atoms. The molecule has 4 N–H and O–H groups in total. The van der Waals surface area contributed by atoms with Crippen molar-refractivity contribution in [2.45, 2.75) is 19.6 Å². The smallest absolute Gasteiger partial charge is 0.382 e. The molecule has 1 aliphatic rings. The Hall–Kier alpha value is -4.23. The van der Waals surface area contributed by atoms with E-state index in [-0.39, 0.29) is 5.69 Å².